The molecule has 0 fully saturated rings. The van der Waals surface area contributed by atoms with Crippen molar-refractivity contribution in [2.24, 2.45) is 0 Å². The molecule has 0 amide bonds. The van der Waals surface area contributed by atoms with Crippen LogP contribution in [0.3, 0.4) is 0 Å². The van der Waals surface area contributed by atoms with Crippen molar-refractivity contribution < 1.29 is 14.2 Å². The Kier molecular flexibility index (Phi) is 7.38. The summed E-state index contributed by atoms with van der Waals surface area (Å²) in [5.41, 5.74) is 7.58. The normalized spacial score (nSPS) is 10.6. The van der Waals surface area contributed by atoms with Crippen LogP contribution in [-0.4, -0.2) is 33.5 Å². The van der Waals surface area contributed by atoms with Crippen LogP contribution in [0.2, 0.25) is 0 Å². The lowest BCUT2D eigenvalue weighted by molar-refractivity contribution is 0.0338. The Balaban J connectivity index is 1.99. The van der Waals surface area contributed by atoms with E-state index in [1.54, 1.807) is 7.11 Å². The van der Waals surface area contributed by atoms with Crippen LogP contribution < -0.4 is 5.73 Å². The summed E-state index contributed by atoms with van der Waals surface area (Å²) < 4.78 is 15.8. The van der Waals surface area contributed by atoms with Gasteiger partial charge >= 0.3 is 0 Å². The third kappa shape index (κ3) is 6.26. The summed E-state index contributed by atoms with van der Waals surface area (Å²) in [6, 6.07) is 7.71. The molecule has 0 unspecified atom stereocenters. The zero-order valence-electron chi connectivity index (χ0n) is 10.4. The lowest BCUT2D eigenvalue weighted by Crippen LogP contribution is -2.07. The molecule has 0 aromatic heterocycles. The minimum absolute atomic E-state index is 0.536. The second-order valence-corrected chi connectivity index (χ2v) is 3.71. The quantitative estimate of drug-likeness (QED) is 0.527. The molecule has 0 aliphatic carbocycles. The first-order valence-electron chi connectivity index (χ1n) is 5.82. The van der Waals surface area contributed by atoms with Crippen LogP contribution in [0.5, 0.6) is 0 Å². The molecule has 0 aliphatic rings. The molecule has 96 valence electrons. The van der Waals surface area contributed by atoms with E-state index in [2.05, 4.69) is 0 Å². The van der Waals surface area contributed by atoms with Crippen LogP contribution in [0.1, 0.15) is 12.0 Å². The Hall–Kier alpha value is -1.10. The summed E-state index contributed by atoms with van der Waals surface area (Å²) in [6.07, 6.45) is 0.919. The largest absolute Gasteiger partial charge is 0.398 e. The fraction of sp³-hybridized carbons (Fsp3) is 0.538. The number of methoxy groups -OCH3 is 1. The molecule has 1 aromatic carbocycles. The molecule has 0 radical (unpaired) electrons. The molecule has 1 aromatic rings. The standard InChI is InChI=1S/C13H21NO3/c1-15-7-4-8-16-9-10-17-11-12-5-2-3-6-13(12)14/h2-3,5-6H,4,7-11,14H2,1H3. The monoisotopic (exact) mass is 239 g/mol. The van der Waals surface area contributed by atoms with Gasteiger partial charge in [-0.1, -0.05) is 18.2 Å². The molecule has 4 nitrogen and oxygen atoms in total. The maximum absolute atomic E-state index is 5.79. The zero-order valence-corrected chi connectivity index (χ0v) is 10.4. The zero-order chi connectivity index (χ0) is 12.3. The number of para-hydroxylation sites is 1. The van der Waals surface area contributed by atoms with Crippen molar-refractivity contribution in [3.63, 3.8) is 0 Å². The second-order valence-electron chi connectivity index (χ2n) is 3.71. The first-order valence-corrected chi connectivity index (χ1v) is 5.82. The van der Waals surface area contributed by atoms with Gasteiger partial charge in [-0.15, -0.1) is 0 Å². The Labute approximate surface area is 103 Å². The van der Waals surface area contributed by atoms with Crippen molar-refractivity contribution in [1.29, 1.82) is 0 Å². The van der Waals surface area contributed by atoms with Crippen molar-refractivity contribution in [3.8, 4) is 0 Å². The first-order chi connectivity index (χ1) is 8.34. The van der Waals surface area contributed by atoms with Gasteiger partial charge < -0.3 is 19.9 Å². The van der Waals surface area contributed by atoms with Crippen molar-refractivity contribution in [2.75, 3.05) is 39.3 Å². The van der Waals surface area contributed by atoms with Gasteiger partial charge in [0.05, 0.1) is 19.8 Å². The van der Waals surface area contributed by atoms with Crippen molar-refractivity contribution in [2.45, 2.75) is 13.0 Å². The number of anilines is 1. The Morgan fingerprint density at radius 1 is 1.00 bits per heavy atom. The van der Waals surface area contributed by atoms with E-state index in [1.807, 2.05) is 24.3 Å². The molecule has 0 saturated heterocycles. The minimum Gasteiger partial charge on any atom is -0.398 e. The Morgan fingerprint density at radius 2 is 1.76 bits per heavy atom. The van der Waals surface area contributed by atoms with E-state index in [0.717, 1.165) is 24.3 Å². The van der Waals surface area contributed by atoms with E-state index in [9.17, 15) is 0 Å². The van der Waals surface area contributed by atoms with Crippen LogP contribution in [0.4, 0.5) is 5.69 Å². The molecular weight excluding hydrogens is 218 g/mol. The molecule has 0 aliphatic heterocycles. The van der Waals surface area contributed by atoms with E-state index in [0.29, 0.717) is 26.4 Å². The molecule has 0 atom stereocenters. The highest BCUT2D eigenvalue weighted by Crippen LogP contribution is 2.11. The first kappa shape index (κ1) is 14.0. The van der Waals surface area contributed by atoms with Crippen LogP contribution in [0, 0.1) is 0 Å². The van der Waals surface area contributed by atoms with Gasteiger partial charge in [0.1, 0.15) is 0 Å². The van der Waals surface area contributed by atoms with Gasteiger partial charge in [-0.2, -0.15) is 0 Å². The van der Waals surface area contributed by atoms with Gasteiger partial charge in [0.2, 0.25) is 0 Å². The van der Waals surface area contributed by atoms with E-state index in [1.165, 1.54) is 0 Å². The Bertz CT molecular complexity index is 304. The molecule has 0 bridgehead atoms. The van der Waals surface area contributed by atoms with E-state index in [4.69, 9.17) is 19.9 Å². The van der Waals surface area contributed by atoms with Gasteiger partial charge in [-0.25, -0.2) is 0 Å². The van der Waals surface area contributed by atoms with Crippen LogP contribution in [0.25, 0.3) is 0 Å². The number of nitrogen functional groups attached to an aromatic ring is 1. The fourth-order valence-electron chi connectivity index (χ4n) is 1.37. The average Bonchev–Trinajstić information content (AvgIpc) is 2.35. The van der Waals surface area contributed by atoms with Crippen molar-refractivity contribution in [3.05, 3.63) is 29.8 Å². The summed E-state index contributed by atoms with van der Waals surface area (Å²) in [7, 11) is 1.69. The van der Waals surface area contributed by atoms with E-state index >= 15 is 0 Å². The van der Waals surface area contributed by atoms with E-state index < -0.39 is 0 Å². The minimum atomic E-state index is 0.536. The van der Waals surface area contributed by atoms with Crippen LogP contribution in [-0.2, 0) is 20.8 Å². The number of benzene rings is 1. The molecule has 2 N–H and O–H groups in total. The molecule has 4 heteroatoms. The molecule has 17 heavy (non-hydrogen) atoms. The molecule has 0 heterocycles. The number of ether oxygens (including phenoxy) is 3. The smallest absolute Gasteiger partial charge is 0.0738 e. The molecule has 1 rings (SSSR count). The highest BCUT2D eigenvalue weighted by molar-refractivity contribution is 5.45. The van der Waals surface area contributed by atoms with Crippen molar-refractivity contribution >= 4 is 5.69 Å². The highest BCUT2D eigenvalue weighted by Gasteiger charge is 1.97. The van der Waals surface area contributed by atoms with Crippen LogP contribution >= 0.6 is 0 Å². The Morgan fingerprint density at radius 3 is 2.53 bits per heavy atom. The van der Waals surface area contributed by atoms with Gasteiger partial charge in [0.15, 0.2) is 0 Å². The number of hydrogen-bond acceptors (Lipinski definition) is 4. The van der Waals surface area contributed by atoms with Crippen molar-refractivity contribution in [1.82, 2.24) is 0 Å². The SMILES string of the molecule is COCCCOCCOCc1ccccc1N. The van der Waals surface area contributed by atoms with Gasteiger partial charge in [0.25, 0.3) is 0 Å². The maximum Gasteiger partial charge on any atom is 0.0738 e. The number of rotatable bonds is 9. The molecule has 0 spiro atoms. The fourth-order valence-corrected chi connectivity index (χ4v) is 1.37. The van der Waals surface area contributed by atoms with E-state index in [-0.39, 0.29) is 0 Å². The summed E-state index contributed by atoms with van der Waals surface area (Å²) in [5, 5.41) is 0. The molecule has 0 saturated carbocycles. The number of hydrogen-bond donors (Lipinski definition) is 1. The summed E-state index contributed by atoms with van der Waals surface area (Å²) in [6.45, 7) is 3.18. The predicted octanol–water partition coefficient (Wildman–Crippen LogP) is 1.84. The molecular formula is C13H21NO3. The maximum atomic E-state index is 5.79. The lowest BCUT2D eigenvalue weighted by atomic mass is 10.2. The van der Waals surface area contributed by atoms with Gasteiger partial charge in [0, 0.05) is 31.6 Å². The van der Waals surface area contributed by atoms with Gasteiger partial charge in [-0.05, 0) is 12.5 Å². The average molecular weight is 239 g/mol. The van der Waals surface area contributed by atoms with Crippen LogP contribution in [0.15, 0.2) is 24.3 Å². The number of nitrogens with two attached hydrogens (primary N) is 1. The second kappa shape index (κ2) is 8.98. The lowest BCUT2D eigenvalue weighted by Gasteiger charge is -2.07. The van der Waals surface area contributed by atoms with Gasteiger partial charge in [-0.3, -0.25) is 0 Å². The summed E-state index contributed by atoms with van der Waals surface area (Å²) in [5.74, 6) is 0. The highest BCUT2D eigenvalue weighted by atomic mass is 16.5. The summed E-state index contributed by atoms with van der Waals surface area (Å²) in [4.78, 5) is 0. The third-order valence-electron chi connectivity index (χ3n) is 2.32. The predicted molar refractivity (Wildman–Crippen MR) is 67.8 cm³/mol. The summed E-state index contributed by atoms with van der Waals surface area (Å²) >= 11 is 0. The third-order valence-corrected chi connectivity index (χ3v) is 2.32. The topological polar surface area (TPSA) is 53.7 Å².